The van der Waals surface area contributed by atoms with Crippen LogP contribution in [-0.2, 0) is 0 Å². The highest BCUT2D eigenvalue weighted by atomic mass is 35.5. The van der Waals surface area contributed by atoms with Gasteiger partial charge in [-0.3, -0.25) is 0 Å². The SMILES string of the molecule is N#Cc1c(N=Cc2ccc(Cl)cc2Cl)oc(-c2ccccc2)c1-c1ccccc1. The maximum absolute atomic E-state index is 9.88. The minimum atomic E-state index is 0.233. The molecule has 0 aliphatic rings. The Balaban J connectivity index is 1.88. The van der Waals surface area contributed by atoms with E-state index in [4.69, 9.17) is 27.6 Å². The van der Waals surface area contributed by atoms with Crippen LogP contribution in [0.1, 0.15) is 11.1 Å². The van der Waals surface area contributed by atoms with Gasteiger partial charge in [0.25, 0.3) is 0 Å². The zero-order valence-electron chi connectivity index (χ0n) is 15.1. The van der Waals surface area contributed by atoms with Crippen molar-refractivity contribution in [3.8, 4) is 28.5 Å². The van der Waals surface area contributed by atoms with Gasteiger partial charge < -0.3 is 4.42 Å². The Morgan fingerprint density at radius 3 is 2.14 bits per heavy atom. The van der Waals surface area contributed by atoms with E-state index >= 15 is 0 Å². The van der Waals surface area contributed by atoms with Crippen LogP contribution in [0.4, 0.5) is 5.88 Å². The van der Waals surface area contributed by atoms with Gasteiger partial charge in [-0.1, -0.05) is 89.9 Å². The molecule has 0 fully saturated rings. The summed E-state index contributed by atoms with van der Waals surface area (Å²) in [6.45, 7) is 0. The lowest BCUT2D eigenvalue weighted by molar-refractivity contribution is 0.593. The van der Waals surface area contributed by atoms with E-state index in [2.05, 4.69) is 11.1 Å². The average molecular weight is 417 g/mol. The molecule has 5 heteroatoms. The summed E-state index contributed by atoms with van der Waals surface area (Å²) in [5.41, 5.74) is 3.52. The molecule has 3 nitrogen and oxygen atoms in total. The molecule has 0 atom stereocenters. The van der Waals surface area contributed by atoms with Gasteiger partial charge >= 0.3 is 0 Å². The first kappa shape index (κ1) is 19.0. The molecule has 29 heavy (non-hydrogen) atoms. The van der Waals surface area contributed by atoms with Crippen molar-refractivity contribution in [1.82, 2.24) is 0 Å². The first-order valence-corrected chi connectivity index (χ1v) is 9.60. The third kappa shape index (κ3) is 3.95. The Morgan fingerprint density at radius 2 is 1.52 bits per heavy atom. The highest BCUT2D eigenvalue weighted by Crippen LogP contribution is 2.42. The van der Waals surface area contributed by atoms with Crippen molar-refractivity contribution in [2.75, 3.05) is 0 Å². The second kappa shape index (κ2) is 8.36. The Kier molecular flexibility index (Phi) is 5.48. The van der Waals surface area contributed by atoms with Gasteiger partial charge in [0.15, 0.2) is 0 Å². The van der Waals surface area contributed by atoms with Gasteiger partial charge in [-0.15, -0.1) is 0 Å². The molecule has 3 aromatic carbocycles. The predicted octanol–water partition coefficient (Wildman–Crippen LogP) is 7.54. The first-order valence-electron chi connectivity index (χ1n) is 8.84. The van der Waals surface area contributed by atoms with Gasteiger partial charge in [-0.25, -0.2) is 4.99 Å². The Bertz CT molecular complexity index is 1220. The van der Waals surface area contributed by atoms with Crippen molar-refractivity contribution in [3.05, 3.63) is 100 Å². The topological polar surface area (TPSA) is 49.3 Å². The molecule has 1 heterocycles. The molecule has 0 N–H and O–H groups in total. The fourth-order valence-corrected chi connectivity index (χ4v) is 3.48. The molecule has 0 radical (unpaired) electrons. The van der Waals surface area contributed by atoms with Crippen LogP contribution in [-0.4, -0.2) is 6.21 Å². The van der Waals surface area contributed by atoms with Gasteiger partial charge in [-0.2, -0.15) is 5.26 Å². The van der Waals surface area contributed by atoms with Crippen LogP contribution in [0.25, 0.3) is 22.5 Å². The van der Waals surface area contributed by atoms with Crippen LogP contribution >= 0.6 is 23.2 Å². The second-order valence-electron chi connectivity index (χ2n) is 6.25. The van der Waals surface area contributed by atoms with Gasteiger partial charge in [0.05, 0.1) is 5.02 Å². The van der Waals surface area contributed by atoms with Crippen LogP contribution in [0.15, 0.2) is 88.3 Å². The number of hydrogen-bond donors (Lipinski definition) is 0. The van der Waals surface area contributed by atoms with Gasteiger partial charge in [0.2, 0.25) is 5.88 Å². The minimum absolute atomic E-state index is 0.233. The number of aliphatic imine (C=N–C) groups is 1. The Morgan fingerprint density at radius 1 is 0.862 bits per heavy atom. The number of nitriles is 1. The van der Waals surface area contributed by atoms with E-state index in [0.717, 1.165) is 11.1 Å². The number of benzene rings is 3. The standard InChI is InChI=1S/C24H14Cl2N2O/c25-19-12-11-18(21(26)13-19)15-28-24-20(14-27)22(16-7-3-1-4-8-16)23(29-24)17-9-5-2-6-10-17/h1-13,15H. The molecule has 0 aliphatic carbocycles. The number of furan rings is 1. The number of halogens is 2. The van der Waals surface area contributed by atoms with Crippen LogP contribution in [0, 0.1) is 11.3 Å². The maximum atomic E-state index is 9.88. The van der Waals surface area contributed by atoms with Crippen molar-refractivity contribution < 1.29 is 4.42 Å². The molecule has 4 rings (SSSR count). The summed E-state index contributed by atoms with van der Waals surface area (Å²) < 4.78 is 6.07. The third-order valence-corrected chi connectivity index (χ3v) is 4.95. The minimum Gasteiger partial charge on any atom is -0.436 e. The molecular weight excluding hydrogens is 403 g/mol. The third-order valence-electron chi connectivity index (χ3n) is 4.38. The molecule has 0 spiro atoms. The van der Waals surface area contributed by atoms with Crippen LogP contribution in [0.2, 0.25) is 10.0 Å². The lowest BCUT2D eigenvalue weighted by Crippen LogP contribution is -1.84. The van der Waals surface area contributed by atoms with Crippen molar-refractivity contribution in [3.63, 3.8) is 0 Å². The number of hydrogen-bond acceptors (Lipinski definition) is 3. The molecule has 0 unspecified atom stereocenters. The number of nitrogens with zero attached hydrogens (tertiary/aromatic N) is 2. The quantitative estimate of drug-likeness (QED) is 0.322. The summed E-state index contributed by atoms with van der Waals surface area (Å²) in [7, 11) is 0. The van der Waals surface area contributed by atoms with E-state index < -0.39 is 0 Å². The zero-order chi connectivity index (χ0) is 20.2. The highest BCUT2D eigenvalue weighted by molar-refractivity contribution is 6.36. The lowest BCUT2D eigenvalue weighted by atomic mass is 9.98. The molecule has 0 saturated heterocycles. The van der Waals surface area contributed by atoms with E-state index in [1.54, 1.807) is 24.4 Å². The molecule has 0 saturated carbocycles. The molecule has 1 aromatic heterocycles. The summed E-state index contributed by atoms with van der Waals surface area (Å²) in [5.74, 6) is 0.832. The monoisotopic (exact) mass is 416 g/mol. The van der Waals surface area contributed by atoms with Gasteiger partial charge in [-0.05, 0) is 17.7 Å². The maximum Gasteiger partial charge on any atom is 0.238 e. The largest absolute Gasteiger partial charge is 0.436 e. The molecule has 0 amide bonds. The summed E-state index contributed by atoms with van der Waals surface area (Å²) in [5, 5.41) is 10.9. The Labute approximate surface area is 178 Å². The van der Waals surface area contributed by atoms with Gasteiger partial charge in [0, 0.05) is 27.9 Å². The van der Waals surface area contributed by atoms with Crippen molar-refractivity contribution in [1.29, 1.82) is 5.26 Å². The van der Waals surface area contributed by atoms with Crippen molar-refractivity contribution >= 4 is 35.3 Å². The lowest BCUT2D eigenvalue weighted by Gasteiger charge is -2.03. The zero-order valence-corrected chi connectivity index (χ0v) is 16.7. The Hall–Kier alpha value is -3.32. The van der Waals surface area contributed by atoms with E-state index in [1.807, 2.05) is 60.7 Å². The van der Waals surface area contributed by atoms with Crippen molar-refractivity contribution in [2.45, 2.75) is 0 Å². The predicted molar refractivity (Wildman–Crippen MR) is 118 cm³/mol. The summed E-state index contributed by atoms with van der Waals surface area (Å²) >= 11 is 12.2. The number of rotatable bonds is 4. The fraction of sp³-hybridized carbons (Fsp3) is 0. The molecule has 140 valence electrons. The van der Waals surface area contributed by atoms with Crippen LogP contribution < -0.4 is 0 Å². The first-order chi connectivity index (χ1) is 14.2. The smallest absolute Gasteiger partial charge is 0.238 e. The van der Waals surface area contributed by atoms with E-state index in [9.17, 15) is 5.26 Å². The van der Waals surface area contributed by atoms with Gasteiger partial charge in [0.1, 0.15) is 17.4 Å². The summed E-state index contributed by atoms with van der Waals surface area (Å²) in [6, 6.07) is 26.7. The fourth-order valence-electron chi connectivity index (χ4n) is 3.02. The van der Waals surface area contributed by atoms with E-state index in [1.165, 1.54) is 0 Å². The van der Waals surface area contributed by atoms with Crippen molar-refractivity contribution in [2.24, 2.45) is 4.99 Å². The van der Waals surface area contributed by atoms with Crippen LogP contribution in [0.5, 0.6) is 0 Å². The average Bonchev–Trinajstić information content (AvgIpc) is 3.13. The second-order valence-corrected chi connectivity index (χ2v) is 7.10. The molecule has 4 aromatic rings. The molecule has 0 bridgehead atoms. The van der Waals surface area contributed by atoms with E-state index in [-0.39, 0.29) is 5.88 Å². The summed E-state index contributed by atoms with van der Waals surface area (Å²) in [4.78, 5) is 4.43. The highest BCUT2D eigenvalue weighted by Gasteiger charge is 2.22. The normalized spacial score (nSPS) is 10.9. The van der Waals surface area contributed by atoms with E-state index in [0.29, 0.717) is 32.5 Å². The van der Waals surface area contributed by atoms with Crippen LogP contribution in [0.3, 0.4) is 0 Å². The molecule has 0 aliphatic heterocycles. The summed E-state index contributed by atoms with van der Waals surface area (Å²) in [6.07, 6.45) is 1.57. The molecular formula is C24H14Cl2N2O.